The van der Waals surface area contributed by atoms with Crippen molar-refractivity contribution < 1.29 is 4.74 Å². The van der Waals surface area contributed by atoms with Crippen molar-refractivity contribution in [2.45, 2.75) is 58.5 Å². The summed E-state index contributed by atoms with van der Waals surface area (Å²) in [4.78, 5) is 9.35. The van der Waals surface area contributed by atoms with Crippen LogP contribution in [0.4, 0.5) is 5.82 Å². The Labute approximate surface area is 136 Å². The van der Waals surface area contributed by atoms with E-state index in [1.54, 1.807) is 7.11 Å². The van der Waals surface area contributed by atoms with E-state index < -0.39 is 0 Å². The predicted molar refractivity (Wildman–Crippen MR) is 89.0 cm³/mol. The molecule has 21 heavy (non-hydrogen) atoms. The number of aromatic nitrogens is 2. The third-order valence-electron chi connectivity index (χ3n) is 4.30. The molecule has 0 bridgehead atoms. The van der Waals surface area contributed by atoms with Gasteiger partial charge in [0, 0.05) is 7.11 Å². The van der Waals surface area contributed by atoms with E-state index in [9.17, 15) is 0 Å². The van der Waals surface area contributed by atoms with Gasteiger partial charge < -0.3 is 10.5 Å². The van der Waals surface area contributed by atoms with E-state index >= 15 is 0 Å². The normalized spacial score (nSPS) is 26.3. The van der Waals surface area contributed by atoms with Crippen LogP contribution in [0.5, 0.6) is 0 Å². The average Bonchev–Trinajstić information content (AvgIpc) is 2.43. The maximum atomic E-state index is 6.10. The Morgan fingerprint density at radius 3 is 2.71 bits per heavy atom. The smallest absolute Gasteiger partial charge is 0.162 e. The molecule has 5 heteroatoms. The van der Waals surface area contributed by atoms with Gasteiger partial charge in [0.1, 0.15) is 11.4 Å². The molecule has 0 aromatic carbocycles. The molecule has 1 fully saturated rings. The molecule has 118 valence electrons. The molecule has 1 aromatic heterocycles. The van der Waals surface area contributed by atoms with Gasteiger partial charge in [0.05, 0.1) is 10.2 Å². The van der Waals surface area contributed by atoms with Crippen LogP contribution in [-0.2, 0) is 16.8 Å². The molecule has 1 heterocycles. The lowest BCUT2D eigenvalue weighted by molar-refractivity contribution is -0.0647. The summed E-state index contributed by atoms with van der Waals surface area (Å²) in [5, 5.41) is 0. The molecule has 0 aliphatic heterocycles. The number of rotatable bonds is 4. The van der Waals surface area contributed by atoms with Gasteiger partial charge in [-0.15, -0.1) is 0 Å². The minimum atomic E-state index is -0.377. The van der Waals surface area contributed by atoms with Crippen LogP contribution < -0.4 is 5.73 Å². The third kappa shape index (κ3) is 3.57. The molecule has 4 nitrogen and oxygen atoms in total. The molecule has 1 aliphatic rings. The first kappa shape index (κ1) is 16.7. The van der Waals surface area contributed by atoms with Crippen LogP contribution in [0, 0.1) is 11.8 Å². The van der Waals surface area contributed by atoms with Gasteiger partial charge >= 0.3 is 0 Å². The Bertz CT molecular complexity index is 507. The molecule has 0 amide bonds. The molecule has 2 N–H and O–H groups in total. The van der Waals surface area contributed by atoms with Gasteiger partial charge in [0.15, 0.2) is 5.82 Å². The summed E-state index contributed by atoms with van der Waals surface area (Å²) in [5.74, 6) is 2.42. The second-order valence-corrected chi connectivity index (χ2v) is 7.48. The van der Waals surface area contributed by atoms with E-state index in [2.05, 4.69) is 41.7 Å². The lowest BCUT2D eigenvalue weighted by atomic mass is 9.78. The zero-order valence-corrected chi connectivity index (χ0v) is 15.0. The molecular weight excluding hydrogens is 330 g/mol. The van der Waals surface area contributed by atoms with Crippen molar-refractivity contribution in [3.63, 3.8) is 0 Å². The molecular formula is C16H26BrN3O. The maximum absolute atomic E-state index is 6.10. The van der Waals surface area contributed by atoms with Gasteiger partial charge in [-0.25, -0.2) is 9.97 Å². The van der Waals surface area contributed by atoms with E-state index in [0.717, 1.165) is 41.7 Å². The summed E-state index contributed by atoms with van der Waals surface area (Å²) in [6.45, 7) is 6.63. The Morgan fingerprint density at radius 1 is 1.43 bits per heavy atom. The monoisotopic (exact) mass is 355 g/mol. The van der Waals surface area contributed by atoms with Crippen LogP contribution in [0.25, 0.3) is 0 Å². The Kier molecular flexibility index (Phi) is 5.25. The highest BCUT2D eigenvalue weighted by molar-refractivity contribution is 9.10. The fourth-order valence-corrected chi connectivity index (χ4v) is 3.56. The van der Waals surface area contributed by atoms with Crippen LogP contribution in [0.1, 0.15) is 58.0 Å². The van der Waals surface area contributed by atoms with Crippen molar-refractivity contribution in [2.24, 2.45) is 11.8 Å². The van der Waals surface area contributed by atoms with Crippen molar-refractivity contribution >= 4 is 21.7 Å². The summed E-state index contributed by atoms with van der Waals surface area (Å²) in [5.41, 5.74) is 6.71. The van der Waals surface area contributed by atoms with Crippen LogP contribution in [-0.4, -0.2) is 17.1 Å². The first-order chi connectivity index (χ1) is 9.88. The van der Waals surface area contributed by atoms with Gasteiger partial charge in [0.2, 0.25) is 0 Å². The predicted octanol–water partition coefficient (Wildman–Crippen LogP) is 4.07. The number of nitrogens with zero attached hydrogens (tertiary/aromatic N) is 2. The fourth-order valence-electron chi connectivity index (χ4n) is 3.22. The third-order valence-corrected chi connectivity index (χ3v) is 5.16. The quantitative estimate of drug-likeness (QED) is 0.883. The summed E-state index contributed by atoms with van der Waals surface area (Å²) < 4.78 is 6.72. The number of methoxy groups -OCH3 is 1. The molecule has 0 saturated heterocycles. The molecule has 0 spiro atoms. The van der Waals surface area contributed by atoms with E-state index in [1.165, 1.54) is 6.42 Å². The van der Waals surface area contributed by atoms with Crippen molar-refractivity contribution in [3.05, 3.63) is 16.0 Å². The molecule has 2 rings (SSSR count). The van der Waals surface area contributed by atoms with E-state index in [-0.39, 0.29) is 5.60 Å². The first-order valence-corrected chi connectivity index (χ1v) is 8.54. The molecule has 2 atom stereocenters. The highest BCUT2D eigenvalue weighted by Crippen LogP contribution is 2.42. The molecule has 1 aromatic rings. The number of nitrogen functional groups attached to an aromatic ring is 1. The first-order valence-electron chi connectivity index (χ1n) is 7.75. The van der Waals surface area contributed by atoms with Crippen molar-refractivity contribution in [1.82, 2.24) is 9.97 Å². The number of halogens is 1. The van der Waals surface area contributed by atoms with Gasteiger partial charge in [-0.1, -0.05) is 27.2 Å². The summed E-state index contributed by atoms with van der Waals surface area (Å²) in [7, 11) is 1.77. The minimum Gasteiger partial charge on any atom is -0.383 e. The molecule has 1 saturated carbocycles. The second-order valence-electron chi connectivity index (χ2n) is 6.69. The largest absolute Gasteiger partial charge is 0.383 e. The number of anilines is 1. The topological polar surface area (TPSA) is 61.0 Å². The maximum Gasteiger partial charge on any atom is 0.162 e. The van der Waals surface area contributed by atoms with E-state index in [1.807, 2.05) is 0 Å². The van der Waals surface area contributed by atoms with Crippen molar-refractivity contribution in [1.29, 1.82) is 0 Å². The van der Waals surface area contributed by atoms with E-state index in [0.29, 0.717) is 17.7 Å². The number of ether oxygens (including phenoxy) is 1. The second kappa shape index (κ2) is 6.61. The van der Waals surface area contributed by atoms with E-state index in [4.69, 9.17) is 15.5 Å². The number of hydrogen-bond acceptors (Lipinski definition) is 4. The Hall–Kier alpha value is -0.680. The Balaban J connectivity index is 2.44. The lowest BCUT2D eigenvalue weighted by Gasteiger charge is -2.37. The molecule has 2 unspecified atom stereocenters. The van der Waals surface area contributed by atoms with Gasteiger partial charge in [0.25, 0.3) is 0 Å². The van der Waals surface area contributed by atoms with Crippen LogP contribution >= 0.6 is 15.9 Å². The fraction of sp³-hybridized carbons (Fsp3) is 0.750. The van der Waals surface area contributed by atoms with Crippen LogP contribution in [0.3, 0.4) is 0 Å². The van der Waals surface area contributed by atoms with Crippen molar-refractivity contribution in [2.75, 3.05) is 12.8 Å². The molecule has 1 aliphatic carbocycles. The Morgan fingerprint density at radius 2 is 2.14 bits per heavy atom. The zero-order chi connectivity index (χ0) is 15.6. The minimum absolute atomic E-state index is 0.377. The van der Waals surface area contributed by atoms with Crippen LogP contribution in [0.15, 0.2) is 4.47 Å². The molecule has 0 radical (unpaired) electrons. The van der Waals surface area contributed by atoms with Crippen molar-refractivity contribution in [3.8, 4) is 0 Å². The van der Waals surface area contributed by atoms with Gasteiger partial charge in [-0.2, -0.15) is 0 Å². The highest BCUT2D eigenvalue weighted by atomic mass is 79.9. The summed E-state index contributed by atoms with van der Waals surface area (Å²) >= 11 is 3.53. The van der Waals surface area contributed by atoms with Gasteiger partial charge in [-0.05, 0) is 53.4 Å². The van der Waals surface area contributed by atoms with Crippen LogP contribution in [0.2, 0.25) is 0 Å². The highest BCUT2D eigenvalue weighted by Gasteiger charge is 2.40. The summed E-state index contributed by atoms with van der Waals surface area (Å²) in [6, 6.07) is 0. The lowest BCUT2D eigenvalue weighted by Crippen LogP contribution is -2.36. The standard InChI is InChI=1S/C16H26BrN3O/c1-10(2)8-12-13(17)14(18)20-15(19-12)16(21-4)7-5-6-11(3)9-16/h10-11H,5-9H2,1-4H3,(H2,18,19,20). The SMILES string of the molecule is COC1(c2nc(N)c(Br)c(CC(C)C)n2)CCCC(C)C1. The summed E-state index contributed by atoms with van der Waals surface area (Å²) in [6.07, 6.45) is 5.21. The average molecular weight is 356 g/mol. The number of hydrogen-bond donors (Lipinski definition) is 1. The number of nitrogens with two attached hydrogens (primary N) is 1. The zero-order valence-electron chi connectivity index (χ0n) is 13.4. The van der Waals surface area contributed by atoms with Gasteiger partial charge in [-0.3, -0.25) is 0 Å².